The van der Waals surface area contributed by atoms with E-state index in [0.717, 1.165) is 12.0 Å². The van der Waals surface area contributed by atoms with Crippen molar-refractivity contribution in [1.82, 2.24) is 20.4 Å². The number of unbranched alkanes of at least 4 members (excludes halogenated alkanes) is 1. The molecule has 4 N–H and O–H groups in total. The molecule has 0 unspecified atom stereocenters. The van der Waals surface area contributed by atoms with Gasteiger partial charge in [-0.2, -0.15) is 10.2 Å². The lowest BCUT2D eigenvalue weighted by Crippen LogP contribution is -2.10. The van der Waals surface area contributed by atoms with Gasteiger partial charge in [-0.3, -0.25) is 9.89 Å². The predicted molar refractivity (Wildman–Crippen MR) is 83.0 cm³/mol. The summed E-state index contributed by atoms with van der Waals surface area (Å²) in [6, 6.07) is 8.17. The number of hydrogen-bond acceptors (Lipinski definition) is 4. The molecule has 0 spiro atoms. The normalized spacial score (nSPS) is 11.1. The molecular formula is C15H17N5O. The Labute approximate surface area is 121 Å². The number of benzene rings is 1. The SMILES string of the molecule is CCCCc1ccc(-c2n[nH]c3c(=O)[nH]nc(N)c23)cc1. The summed E-state index contributed by atoms with van der Waals surface area (Å²) in [6.45, 7) is 2.18. The number of anilines is 1. The van der Waals surface area contributed by atoms with Gasteiger partial charge in [0.2, 0.25) is 0 Å². The van der Waals surface area contributed by atoms with Crippen molar-refractivity contribution in [1.29, 1.82) is 0 Å². The molecule has 0 radical (unpaired) electrons. The van der Waals surface area contributed by atoms with Gasteiger partial charge in [0.15, 0.2) is 5.82 Å². The van der Waals surface area contributed by atoms with Crippen LogP contribution in [0.1, 0.15) is 25.3 Å². The van der Waals surface area contributed by atoms with Crippen molar-refractivity contribution >= 4 is 16.7 Å². The number of nitrogens with two attached hydrogens (primary N) is 1. The fourth-order valence-electron chi connectivity index (χ4n) is 2.40. The Hall–Kier alpha value is -2.63. The monoisotopic (exact) mass is 283 g/mol. The van der Waals surface area contributed by atoms with Gasteiger partial charge in [0.1, 0.15) is 11.2 Å². The molecule has 0 fully saturated rings. The Morgan fingerprint density at radius 3 is 2.62 bits per heavy atom. The summed E-state index contributed by atoms with van der Waals surface area (Å²) in [5.74, 6) is 0.267. The largest absolute Gasteiger partial charge is 0.382 e. The molecule has 0 saturated heterocycles. The van der Waals surface area contributed by atoms with Crippen LogP contribution < -0.4 is 11.3 Å². The molecule has 0 aliphatic rings. The smallest absolute Gasteiger partial charge is 0.290 e. The summed E-state index contributed by atoms with van der Waals surface area (Å²) in [6.07, 6.45) is 3.43. The lowest BCUT2D eigenvalue weighted by molar-refractivity contribution is 0.795. The molecular weight excluding hydrogens is 266 g/mol. The first-order valence-electron chi connectivity index (χ1n) is 7.02. The molecule has 3 rings (SSSR count). The molecule has 0 amide bonds. The molecule has 6 heteroatoms. The lowest BCUT2D eigenvalue weighted by Gasteiger charge is -2.03. The molecule has 6 nitrogen and oxygen atoms in total. The molecule has 3 aromatic rings. The van der Waals surface area contributed by atoms with Gasteiger partial charge in [-0.05, 0) is 18.4 Å². The number of nitrogen functional groups attached to an aromatic ring is 1. The fourth-order valence-corrected chi connectivity index (χ4v) is 2.40. The van der Waals surface area contributed by atoms with Crippen LogP contribution in [0.5, 0.6) is 0 Å². The van der Waals surface area contributed by atoms with Gasteiger partial charge < -0.3 is 5.73 Å². The third-order valence-electron chi connectivity index (χ3n) is 3.57. The van der Waals surface area contributed by atoms with Crippen molar-refractivity contribution in [3.63, 3.8) is 0 Å². The number of rotatable bonds is 4. The van der Waals surface area contributed by atoms with E-state index in [0.29, 0.717) is 16.6 Å². The molecule has 2 heterocycles. The zero-order chi connectivity index (χ0) is 14.8. The Balaban J connectivity index is 2.05. The van der Waals surface area contributed by atoms with Crippen LogP contribution in [-0.2, 0) is 6.42 Å². The zero-order valence-electron chi connectivity index (χ0n) is 11.8. The number of fused-ring (bicyclic) bond motifs is 1. The summed E-state index contributed by atoms with van der Waals surface area (Å²) < 4.78 is 0. The van der Waals surface area contributed by atoms with Gasteiger partial charge in [-0.15, -0.1) is 0 Å². The van der Waals surface area contributed by atoms with E-state index in [1.54, 1.807) is 0 Å². The number of nitrogens with one attached hydrogen (secondary N) is 2. The van der Waals surface area contributed by atoms with Crippen LogP contribution in [0, 0.1) is 0 Å². The Bertz CT molecular complexity index is 816. The molecule has 2 aromatic heterocycles. The van der Waals surface area contributed by atoms with Crippen LogP contribution in [-0.4, -0.2) is 20.4 Å². The van der Waals surface area contributed by atoms with E-state index in [9.17, 15) is 4.79 Å². The number of aryl methyl sites for hydroxylation is 1. The second-order valence-corrected chi connectivity index (χ2v) is 5.06. The van der Waals surface area contributed by atoms with Crippen molar-refractivity contribution < 1.29 is 0 Å². The van der Waals surface area contributed by atoms with E-state index in [1.165, 1.54) is 18.4 Å². The van der Waals surface area contributed by atoms with Gasteiger partial charge in [-0.25, -0.2) is 5.10 Å². The lowest BCUT2D eigenvalue weighted by atomic mass is 10.0. The maximum Gasteiger partial charge on any atom is 0.290 e. The van der Waals surface area contributed by atoms with E-state index < -0.39 is 0 Å². The topological polar surface area (TPSA) is 100 Å². The molecule has 21 heavy (non-hydrogen) atoms. The first kappa shape index (κ1) is 13.4. The van der Waals surface area contributed by atoms with E-state index in [-0.39, 0.29) is 11.4 Å². The van der Waals surface area contributed by atoms with Crippen LogP contribution in [0.2, 0.25) is 0 Å². The van der Waals surface area contributed by atoms with Crippen LogP contribution in [0.25, 0.3) is 22.2 Å². The highest BCUT2D eigenvalue weighted by molar-refractivity contribution is 5.99. The van der Waals surface area contributed by atoms with Crippen LogP contribution >= 0.6 is 0 Å². The van der Waals surface area contributed by atoms with E-state index in [2.05, 4.69) is 39.5 Å². The fraction of sp³-hybridized carbons (Fsp3) is 0.267. The molecule has 0 bridgehead atoms. The van der Waals surface area contributed by atoms with Gasteiger partial charge in [0.05, 0.1) is 5.39 Å². The molecule has 1 aromatic carbocycles. The number of H-pyrrole nitrogens is 2. The van der Waals surface area contributed by atoms with E-state index in [1.807, 2.05) is 12.1 Å². The Morgan fingerprint density at radius 1 is 1.14 bits per heavy atom. The summed E-state index contributed by atoms with van der Waals surface area (Å²) >= 11 is 0. The van der Waals surface area contributed by atoms with Crippen molar-refractivity contribution in [2.45, 2.75) is 26.2 Å². The minimum absolute atomic E-state index is 0.267. The molecule has 0 aliphatic carbocycles. The second-order valence-electron chi connectivity index (χ2n) is 5.06. The zero-order valence-corrected chi connectivity index (χ0v) is 11.8. The van der Waals surface area contributed by atoms with E-state index in [4.69, 9.17) is 5.73 Å². The number of nitrogens with zero attached hydrogens (tertiary/aromatic N) is 2. The Kier molecular flexibility index (Phi) is 3.43. The predicted octanol–water partition coefficient (Wildman–Crippen LogP) is 2.24. The van der Waals surface area contributed by atoms with Gasteiger partial charge >= 0.3 is 0 Å². The molecule has 108 valence electrons. The van der Waals surface area contributed by atoms with Crippen molar-refractivity contribution in [2.24, 2.45) is 0 Å². The summed E-state index contributed by atoms with van der Waals surface area (Å²) in [4.78, 5) is 11.7. The number of aromatic amines is 2. The maximum absolute atomic E-state index is 11.7. The summed E-state index contributed by atoms with van der Waals surface area (Å²) in [5.41, 5.74) is 8.76. The average Bonchev–Trinajstić information content (AvgIpc) is 2.96. The summed E-state index contributed by atoms with van der Waals surface area (Å²) in [5, 5.41) is 13.7. The van der Waals surface area contributed by atoms with Gasteiger partial charge in [0, 0.05) is 5.56 Å². The molecule has 0 aliphatic heterocycles. The molecule has 0 saturated carbocycles. The second kappa shape index (κ2) is 5.40. The maximum atomic E-state index is 11.7. The Morgan fingerprint density at radius 2 is 1.90 bits per heavy atom. The van der Waals surface area contributed by atoms with Crippen LogP contribution in [0.3, 0.4) is 0 Å². The minimum atomic E-state index is -0.322. The quantitative estimate of drug-likeness (QED) is 0.683. The highest BCUT2D eigenvalue weighted by Crippen LogP contribution is 2.27. The third-order valence-corrected chi connectivity index (χ3v) is 3.57. The molecule has 0 atom stereocenters. The summed E-state index contributed by atoms with van der Waals surface area (Å²) in [7, 11) is 0. The first-order chi connectivity index (χ1) is 10.2. The standard InChI is InChI=1S/C15H17N5O/c1-2-3-4-9-5-7-10(8-6-9)12-11-13(18-17-12)15(21)20-19-14(11)16/h5-8H,2-4H2,1H3,(H2,16,19)(H,17,18)(H,20,21). The first-order valence-corrected chi connectivity index (χ1v) is 7.02. The van der Waals surface area contributed by atoms with Crippen molar-refractivity contribution in [2.75, 3.05) is 5.73 Å². The van der Waals surface area contributed by atoms with Crippen molar-refractivity contribution in [3.05, 3.63) is 40.2 Å². The average molecular weight is 283 g/mol. The minimum Gasteiger partial charge on any atom is -0.382 e. The van der Waals surface area contributed by atoms with E-state index >= 15 is 0 Å². The van der Waals surface area contributed by atoms with Gasteiger partial charge in [-0.1, -0.05) is 37.6 Å². The highest BCUT2D eigenvalue weighted by Gasteiger charge is 2.14. The van der Waals surface area contributed by atoms with Crippen LogP contribution in [0.4, 0.5) is 5.82 Å². The van der Waals surface area contributed by atoms with Crippen LogP contribution in [0.15, 0.2) is 29.1 Å². The van der Waals surface area contributed by atoms with Crippen molar-refractivity contribution in [3.8, 4) is 11.3 Å². The van der Waals surface area contributed by atoms with Gasteiger partial charge in [0.25, 0.3) is 5.56 Å². The number of aromatic nitrogens is 4. The number of hydrogen-bond donors (Lipinski definition) is 3. The third kappa shape index (κ3) is 2.40. The highest BCUT2D eigenvalue weighted by atomic mass is 16.1.